The van der Waals surface area contributed by atoms with Gasteiger partial charge < -0.3 is 15.2 Å². The van der Waals surface area contributed by atoms with Gasteiger partial charge >= 0.3 is 0 Å². The number of para-hydroxylation sites is 1. The lowest BCUT2D eigenvalue weighted by Crippen LogP contribution is -2.40. The van der Waals surface area contributed by atoms with Gasteiger partial charge in [0.05, 0.1) is 11.2 Å². The first kappa shape index (κ1) is 14.6. The van der Waals surface area contributed by atoms with Crippen LogP contribution in [-0.4, -0.2) is 29.8 Å². The molecule has 1 aromatic carbocycles. The van der Waals surface area contributed by atoms with Crippen molar-refractivity contribution in [2.45, 2.75) is 31.3 Å². The van der Waals surface area contributed by atoms with E-state index in [1.54, 1.807) is 24.3 Å². The van der Waals surface area contributed by atoms with Crippen molar-refractivity contribution in [2.75, 3.05) is 13.2 Å². The lowest BCUT2D eigenvalue weighted by molar-refractivity contribution is 0.0449. The number of rotatable bonds is 6. The zero-order valence-corrected chi connectivity index (χ0v) is 11.6. The molecule has 1 saturated carbocycles. The van der Waals surface area contributed by atoms with E-state index in [-0.39, 0.29) is 5.91 Å². The number of benzene rings is 1. The van der Waals surface area contributed by atoms with Crippen LogP contribution in [0.1, 0.15) is 36.0 Å². The molecule has 0 radical (unpaired) electrons. The largest absolute Gasteiger partial charge is 0.489 e. The smallest absolute Gasteiger partial charge is 0.255 e. The highest BCUT2D eigenvalue weighted by Crippen LogP contribution is 2.28. The average molecular weight is 275 g/mol. The molecular formula is C16H21NO3. The SMILES string of the molecule is C=CCOc1ccccc1C(=O)NCC1(O)CCCC1. The van der Waals surface area contributed by atoms with Gasteiger partial charge in [0.1, 0.15) is 12.4 Å². The minimum Gasteiger partial charge on any atom is -0.489 e. The molecule has 1 amide bonds. The van der Waals surface area contributed by atoms with Crippen LogP contribution in [-0.2, 0) is 0 Å². The number of hydrogen-bond acceptors (Lipinski definition) is 3. The Morgan fingerprint density at radius 2 is 2.10 bits per heavy atom. The molecular weight excluding hydrogens is 254 g/mol. The van der Waals surface area contributed by atoms with Gasteiger partial charge in [0.25, 0.3) is 5.91 Å². The van der Waals surface area contributed by atoms with E-state index in [1.165, 1.54) is 0 Å². The standard InChI is InChI=1S/C16H21NO3/c1-2-11-20-14-8-4-3-7-13(14)15(18)17-12-16(19)9-5-6-10-16/h2-4,7-8,19H,1,5-6,9-12H2,(H,17,18). The second-order valence-electron chi connectivity index (χ2n) is 5.21. The quantitative estimate of drug-likeness (QED) is 0.783. The second kappa shape index (κ2) is 6.57. The Kier molecular flexibility index (Phi) is 4.79. The van der Waals surface area contributed by atoms with Crippen molar-refractivity contribution in [1.82, 2.24) is 5.32 Å². The van der Waals surface area contributed by atoms with E-state index in [1.807, 2.05) is 6.07 Å². The summed E-state index contributed by atoms with van der Waals surface area (Å²) in [5.41, 5.74) is -0.261. The molecule has 1 fully saturated rings. The van der Waals surface area contributed by atoms with E-state index in [2.05, 4.69) is 11.9 Å². The second-order valence-corrected chi connectivity index (χ2v) is 5.21. The van der Waals surface area contributed by atoms with E-state index in [9.17, 15) is 9.90 Å². The Morgan fingerprint density at radius 3 is 2.80 bits per heavy atom. The highest BCUT2D eigenvalue weighted by molar-refractivity contribution is 5.96. The van der Waals surface area contributed by atoms with E-state index < -0.39 is 5.60 Å². The van der Waals surface area contributed by atoms with Crippen LogP contribution in [0.25, 0.3) is 0 Å². The number of ether oxygens (including phenoxy) is 1. The molecule has 1 aliphatic rings. The molecule has 0 saturated heterocycles. The first-order chi connectivity index (χ1) is 9.64. The molecule has 4 nitrogen and oxygen atoms in total. The summed E-state index contributed by atoms with van der Waals surface area (Å²) >= 11 is 0. The maximum absolute atomic E-state index is 12.2. The number of hydrogen-bond donors (Lipinski definition) is 2. The third kappa shape index (κ3) is 3.61. The molecule has 4 heteroatoms. The lowest BCUT2D eigenvalue weighted by Gasteiger charge is -2.22. The van der Waals surface area contributed by atoms with Gasteiger partial charge in [-0.05, 0) is 25.0 Å². The Hall–Kier alpha value is -1.81. The van der Waals surface area contributed by atoms with Gasteiger partial charge in [-0.3, -0.25) is 4.79 Å². The monoisotopic (exact) mass is 275 g/mol. The van der Waals surface area contributed by atoms with Crippen molar-refractivity contribution in [3.8, 4) is 5.75 Å². The van der Waals surface area contributed by atoms with Crippen LogP contribution in [0.4, 0.5) is 0 Å². The third-order valence-corrected chi connectivity index (χ3v) is 3.60. The van der Waals surface area contributed by atoms with E-state index in [0.717, 1.165) is 25.7 Å². The summed E-state index contributed by atoms with van der Waals surface area (Å²) in [6, 6.07) is 7.08. The van der Waals surface area contributed by atoms with Gasteiger partial charge in [-0.25, -0.2) is 0 Å². The summed E-state index contributed by atoms with van der Waals surface area (Å²) in [4.78, 5) is 12.2. The predicted molar refractivity (Wildman–Crippen MR) is 77.9 cm³/mol. The molecule has 0 aliphatic heterocycles. The fourth-order valence-corrected chi connectivity index (χ4v) is 2.48. The van der Waals surface area contributed by atoms with Crippen molar-refractivity contribution >= 4 is 5.91 Å². The van der Waals surface area contributed by atoms with Crippen LogP contribution in [0, 0.1) is 0 Å². The molecule has 2 rings (SSSR count). The summed E-state index contributed by atoms with van der Waals surface area (Å²) in [5.74, 6) is 0.313. The molecule has 0 unspecified atom stereocenters. The Bertz CT molecular complexity index is 478. The third-order valence-electron chi connectivity index (χ3n) is 3.60. The molecule has 0 aromatic heterocycles. The minimum absolute atomic E-state index is 0.218. The molecule has 0 heterocycles. The molecule has 0 bridgehead atoms. The number of carbonyl (C=O) groups excluding carboxylic acids is 1. The van der Waals surface area contributed by atoms with Crippen molar-refractivity contribution < 1.29 is 14.6 Å². The summed E-state index contributed by atoms with van der Waals surface area (Å²) in [7, 11) is 0. The zero-order valence-electron chi connectivity index (χ0n) is 11.6. The fourth-order valence-electron chi connectivity index (χ4n) is 2.48. The van der Waals surface area contributed by atoms with E-state index in [0.29, 0.717) is 24.5 Å². The Morgan fingerprint density at radius 1 is 1.40 bits per heavy atom. The Labute approximate surface area is 119 Å². The Balaban J connectivity index is 1.99. The lowest BCUT2D eigenvalue weighted by atomic mass is 10.0. The average Bonchev–Trinajstić information content (AvgIpc) is 2.90. The van der Waals surface area contributed by atoms with Crippen LogP contribution >= 0.6 is 0 Å². The topological polar surface area (TPSA) is 58.6 Å². The molecule has 0 atom stereocenters. The van der Waals surface area contributed by atoms with Gasteiger partial charge in [-0.15, -0.1) is 0 Å². The van der Waals surface area contributed by atoms with Crippen LogP contribution < -0.4 is 10.1 Å². The maximum atomic E-state index is 12.2. The van der Waals surface area contributed by atoms with Gasteiger partial charge in [0.15, 0.2) is 0 Å². The normalized spacial score (nSPS) is 16.6. The zero-order chi connectivity index (χ0) is 14.4. The first-order valence-electron chi connectivity index (χ1n) is 6.98. The molecule has 0 spiro atoms. The molecule has 20 heavy (non-hydrogen) atoms. The highest BCUT2D eigenvalue weighted by Gasteiger charge is 2.31. The van der Waals surface area contributed by atoms with Crippen molar-refractivity contribution in [3.63, 3.8) is 0 Å². The summed E-state index contributed by atoms with van der Waals surface area (Å²) in [5, 5.41) is 13.0. The van der Waals surface area contributed by atoms with Gasteiger partial charge in [-0.2, -0.15) is 0 Å². The number of amides is 1. The van der Waals surface area contributed by atoms with Gasteiger partial charge in [-0.1, -0.05) is 37.6 Å². The van der Waals surface area contributed by atoms with E-state index >= 15 is 0 Å². The van der Waals surface area contributed by atoms with Crippen molar-refractivity contribution in [3.05, 3.63) is 42.5 Å². The van der Waals surface area contributed by atoms with Gasteiger partial charge in [0.2, 0.25) is 0 Å². The molecule has 1 aromatic rings. The van der Waals surface area contributed by atoms with Gasteiger partial charge in [0, 0.05) is 6.54 Å². The van der Waals surface area contributed by atoms with Crippen molar-refractivity contribution in [2.24, 2.45) is 0 Å². The summed E-state index contributed by atoms with van der Waals surface area (Å²) in [6.45, 7) is 4.24. The number of aliphatic hydroxyl groups is 1. The highest BCUT2D eigenvalue weighted by atomic mass is 16.5. The minimum atomic E-state index is -0.743. The molecule has 1 aliphatic carbocycles. The number of carbonyl (C=O) groups is 1. The number of nitrogens with one attached hydrogen (secondary N) is 1. The predicted octanol–water partition coefficient (Wildman–Crippen LogP) is 2.29. The fraction of sp³-hybridized carbons (Fsp3) is 0.438. The van der Waals surface area contributed by atoms with Crippen LogP contribution in [0.2, 0.25) is 0 Å². The summed E-state index contributed by atoms with van der Waals surface area (Å²) < 4.78 is 5.46. The first-order valence-corrected chi connectivity index (χ1v) is 6.98. The molecule has 2 N–H and O–H groups in total. The van der Waals surface area contributed by atoms with Crippen LogP contribution in [0.5, 0.6) is 5.75 Å². The van der Waals surface area contributed by atoms with Crippen molar-refractivity contribution in [1.29, 1.82) is 0 Å². The summed E-state index contributed by atoms with van der Waals surface area (Å²) in [6.07, 6.45) is 5.18. The van der Waals surface area contributed by atoms with Crippen LogP contribution in [0.3, 0.4) is 0 Å². The van der Waals surface area contributed by atoms with Crippen LogP contribution in [0.15, 0.2) is 36.9 Å². The molecule has 108 valence electrons. The van der Waals surface area contributed by atoms with E-state index in [4.69, 9.17) is 4.74 Å². The maximum Gasteiger partial charge on any atom is 0.255 e.